The van der Waals surface area contributed by atoms with Gasteiger partial charge in [-0.15, -0.1) is 0 Å². The molecule has 0 atom stereocenters. The number of anilines is 1. The molecule has 0 aliphatic carbocycles. The molecule has 1 rings (SSSR count). The van der Waals surface area contributed by atoms with Gasteiger partial charge in [0.25, 0.3) is 0 Å². The minimum absolute atomic E-state index is 0.0920. The summed E-state index contributed by atoms with van der Waals surface area (Å²) >= 11 is 0. The van der Waals surface area contributed by atoms with Crippen molar-refractivity contribution in [1.82, 2.24) is 0 Å². The number of hydrogen-bond donors (Lipinski definition) is 0. The summed E-state index contributed by atoms with van der Waals surface area (Å²) in [6.45, 7) is 1.34. The second kappa shape index (κ2) is 6.24. The van der Waals surface area contributed by atoms with E-state index in [0.29, 0.717) is 0 Å². The van der Waals surface area contributed by atoms with E-state index in [0.717, 1.165) is 18.2 Å². The molecule has 0 saturated carbocycles. The molecule has 10 heteroatoms. The van der Waals surface area contributed by atoms with E-state index < -0.39 is 40.5 Å². The van der Waals surface area contributed by atoms with Gasteiger partial charge in [0.1, 0.15) is 5.75 Å². The lowest BCUT2D eigenvalue weighted by Crippen LogP contribution is -2.50. The van der Waals surface area contributed by atoms with E-state index in [4.69, 9.17) is 4.74 Å². The first-order chi connectivity index (χ1) is 10.00. The molecule has 0 spiro atoms. The second-order valence-electron chi connectivity index (χ2n) is 3.84. The van der Waals surface area contributed by atoms with Gasteiger partial charge in [0.05, 0.1) is 12.3 Å². The summed E-state index contributed by atoms with van der Waals surface area (Å²) in [6.07, 6.45) is -11.3. The number of carbonyl (C=O) groups excluding carboxylic acids is 2. The molecule has 0 unspecified atom stereocenters. The molecule has 0 bridgehead atoms. The predicted octanol–water partition coefficient (Wildman–Crippen LogP) is 3.07. The minimum Gasteiger partial charge on any atom is -0.492 e. The summed E-state index contributed by atoms with van der Waals surface area (Å²) in [7, 11) is 0. The fourth-order valence-electron chi connectivity index (χ4n) is 1.48. The normalized spacial score (nSPS) is 12.0. The summed E-state index contributed by atoms with van der Waals surface area (Å²) in [5.41, 5.74) is -0.936. The molecular formula is C12H9F6NO3. The molecule has 0 heterocycles. The largest absolute Gasteiger partial charge is 0.492 e. The Labute approximate surface area is 120 Å². The Kier molecular flexibility index (Phi) is 5.05. The van der Waals surface area contributed by atoms with Crippen LogP contribution in [0.25, 0.3) is 0 Å². The van der Waals surface area contributed by atoms with Crippen LogP contribution in [0.15, 0.2) is 24.3 Å². The Balaban J connectivity index is 3.46. The maximum absolute atomic E-state index is 12.5. The maximum Gasteiger partial charge on any atom is 0.472 e. The molecule has 1 aromatic rings. The first kappa shape index (κ1) is 17.8. The number of rotatable bonds is 3. The number of carbonyl (C=O) groups is 2. The SMILES string of the molecule is CCOc1ccccc1N(C(=O)C(F)(F)F)C(=O)C(F)(F)F. The van der Waals surface area contributed by atoms with Crippen LogP contribution in [0.4, 0.5) is 32.0 Å². The number of imide groups is 1. The van der Waals surface area contributed by atoms with E-state index in [2.05, 4.69) is 0 Å². The Morgan fingerprint density at radius 1 is 1.00 bits per heavy atom. The highest BCUT2D eigenvalue weighted by atomic mass is 19.4. The van der Waals surface area contributed by atoms with E-state index in [1.807, 2.05) is 0 Å². The van der Waals surface area contributed by atoms with Crippen molar-refractivity contribution in [2.45, 2.75) is 19.3 Å². The van der Waals surface area contributed by atoms with Crippen molar-refractivity contribution < 1.29 is 40.7 Å². The molecule has 0 aromatic heterocycles. The Morgan fingerprint density at radius 2 is 1.45 bits per heavy atom. The highest BCUT2D eigenvalue weighted by molar-refractivity contribution is 6.19. The van der Waals surface area contributed by atoms with Crippen LogP contribution in [0.5, 0.6) is 5.75 Å². The zero-order valence-corrected chi connectivity index (χ0v) is 11.0. The number of amides is 2. The summed E-state index contributed by atoms with van der Waals surface area (Å²) in [5, 5.41) is 0. The van der Waals surface area contributed by atoms with Crippen molar-refractivity contribution in [2.24, 2.45) is 0 Å². The molecule has 4 nitrogen and oxygen atoms in total. The number of benzene rings is 1. The predicted molar refractivity (Wildman–Crippen MR) is 62.2 cm³/mol. The molecule has 22 heavy (non-hydrogen) atoms. The molecule has 0 fully saturated rings. The number of halogens is 6. The lowest BCUT2D eigenvalue weighted by molar-refractivity contribution is -0.181. The first-order valence-corrected chi connectivity index (χ1v) is 5.74. The van der Waals surface area contributed by atoms with E-state index in [1.165, 1.54) is 13.0 Å². The van der Waals surface area contributed by atoms with Crippen molar-refractivity contribution in [1.29, 1.82) is 0 Å². The van der Waals surface area contributed by atoms with Crippen molar-refractivity contribution in [3.8, 4) is 5.75 Å². The average molecular weight is 329 g/mol. The van der Waals surface area contributed by atoms with E-state index >= 15 is 0 Å². The first-order valence-electron chi connectivity index (χ1n) is 5.74. The van der Waals surface area contributed by atoms with Crippen molar-refractivity contribution >= 4 is 17.5 Å². The van der Waals surface area contributed by atoms with Gasteiger partial charge in [0.2, 0.25) is 0 Å². The van der Waals surface area contributed by atoms with E-state index in [9.17, 15) is 35.9 Å². The Bertz CT molecular complexity index is 541. The van der Waals surface area contributed by atoms with Crippen LogP contribution < -0.4 is 9.64 Å². The van der Waals surface area contributed by atoms with Gasteiger partial charge in [-0.25, -0.2) is 4.90 Å². The zero-order chi connectivity index (χ0) is 17.1. The number of ether oxygens (including phenoxy) is 1. The monoisotopic (exact) mass is 329 g/mol. The van der Waals surface area contributed by atoms with Crippen LogP contribution in [0, 0.1) is 0 Å². The van der Waals surface area contributed by atoms with Gasteiger partial charge in [-0.3, -0.25) is 9.59 Å². The zero-order valence-electron chi connectivity index (χ0n) is 11.0. The van der Waals surface area contributed by atoms with Crippen molar-refractivity contribution in [3.63, 3.8) is 0 Å². The summed E-state index contributed by atoms with van der Waals surface area (Å²) < 4.78 is 79.9. The molecule has 0 radical (unpaired) electrons. The number of para-hydroxylation sites is 2. The molecule has 1 aromatic carbocycles. The van der Waals surface area contributed by atoms with E-state index in [-0.39, 0.29) is 6.61 Å². The standard InChI is InChI=1S/C12H9F6NO3/c1-2-22-8-6-4-3-5-7(8)19(9(20)11(13,14)15)10(21)12(16,17)18/h3-6H,2H2,1H3. The van der Waals surface area contributed by atoms with Gasteiger partial charge in [0, 0.05) is 0 Å². The van der Waals surface area contributed by atoms with Gasteiger partial charge in [-0.05, 0) is 19.1 Å². The smallest absolute Gasteiger partial charge is 0.472 e. The average Bonchev–Trinajstić information content (AvgIpc) is 2.39. The van der Waals surface area contributed by atoms with Gasteiger partial charge < -0.3 is 4.74 Å². The number of hydrogen-bond acceptors (Lipinski definition) is 3. The van der Waals surface area contributed by atoms with Crippen LogP contribution in [0.1, 0.15) is 6.92 Å². The minimum atomic E-state index is -5.67. The molecule has 0 saturated heterocycles. The Hall–Kier alpha value is -2.26. The van der Waals surface area contributed by atoms with Crippen LogP contribution in [-0.4, -0.2) is 30.8 Å². The van der Waals surface area contributed by atoms with Gasteiger partial charge in [0.15, 0.2) is 0 Å². The molecule has 0 aliphatic heterocycles. The molecular weight excluding hydrogens is 320 g/mol. The van der Waals surface area contributed by atoms with Gasteiger partial charge in [-0.1, -0.05) is 12.1 Å². The van der Waals surface area contributed by atoms with Gasteiger partial charge in [-0.2, -0.15) is 26.3 Å². The number of nitrogens with zero attached hydrogens (tertiary/aromatic N) is 1. The summed E-state index contributed by atoms with van der Waals surface area (Å²) in [5.74, 6) is -6.37. The molecule has 0 N–H and O–H groups in total. The maximum atomic E-state index is 12.5. The lowest BCUT2D eigenvalue weighted by atomic mass is 10.2. The number of alkyl halides is 6. The third kappa shape index (κ3) is 3.89. The third-order valence-electron chi connectivity index (χ3n) is 2.30. The summed E-state index contributed by atoms with van der Waals surface area (Å²) in [6, 6.07) is 4.12. The van der Waals surface area contributed by atoms with Crippen LogP contribution in [0.2, 0.25) is 0 Å². The molecule has 0 aliphatic rings. The van der Waals surface area contributed by atoms with Crippen molar-refractivity contribution in [2.75, 3.05) is 11.5 Å². The Morgan fingerprint density at radius 3 is 1.86 bits per heavy atom. The van der Waals surface area contributed by atoms with Crippen LogP contribution >= 0.6 is 0 Å². The third-order valence-corrected chi connectivity index (χ3v) is 2.30. The van der Waals surface area contributed by atoms with Crippen LogP contribution in [-0.2, 0) is 9.59 Å². The quantitative estimate of drug-likeness (QED) is 0.801. The summed E-state index contributed by atoms with van der Waals surface area (Å²) in [4.78, 5) is 21.5. The topological polar surface area (TPSA) is 46.6 Å². The lowest BCUT2D eigenvalue weighted by Gasteiger charge is -2.24. The van der Waals surface area contributed by atoms with E-state index in [1.54, 1.807) is 0 Å². The molecule has 122 valence electrons. The highest BCUT2D eigenvalue weighted by Crippen LogP contribution is 2.34. The second-order valence-corrected chi connectivity index (χ2v) is 3.84. The molecule has 2 amide bonds. The van der Waals surface area contributed by atoms with Crippen molar-refractivity contribution in [3.05, 3.63) is 24.3 Å². The fourth-order valence-corrected chi connectivity index (χ4v) is 1.48. The van der Waals surface area contributed by atoms with Crippen LogP contribution in [0.3, 0.4) is 0 Å². The fraction of sp³-hybridized carbons (Fsp3) is 0.333. The highest BCUT2D eigenvalue weighted by Gasteiger charge is 2.53. The van der Waals surface area contributed by atoms with Gasteiger partial charge >= 0.3 is 24.2 Å².